The molecule has 0 radical (unpaired) electrons. The minimum Gasteiger partial charge on any atom is -0.322 e. The van der Waals surface area contributed by atoms with Crippen LogP contribution in [0.25, 0.3) is 0 Å². The van der Waals surface area contributed by atoms with E-state index in [2.05, 4.69) is 20.0 Å². The number of nitrogens with one attached hydrogen (secondary N) is 2. The fraction of sp³-hybridized carbons (Fsp3) is 0.190. The van der Waals surface area contributed by atoms with Crippen LogP contribution >= 0.6 is 0 Å². The van der Waals surface area contributed by atoms with Gasteiger partial charge in [0.05, 0.1) is 4.90 Å². The van der Waals surface area contributed by atoms with Gasteiger partial charge in [0, 0.05) is 22.6 Å². The van der Waals surface area contributed by atoms with Gasteiger partial charge in [-0.1, -0.05) is 6.07 Å². The topological polar surface area (TPSA) is 101 Å². The van der Waals surface area contributed by atoms with Crippen molar-refractivity contribution in [3.05, 3.63) is 76.6 Å². The molecule has 1 amide bonds. The minimum absolute atomic E-state index is 0.0228. The number of amides is 1. The Morgan fingerprint density at radius 1 is 0.828 bits per heavy atom. The van der Waals surface area contributed by atoms with E-state index >= 15 is 0 Å². The summed E-state index contributed by atoms with van der Waals surface area (Å²) in [6.45, 7) is 7.45. The van der Waals surface area contributed by atoms with E-state index in [1.165, 1.54) is 24.3 Å². The maximum atomic E-state index is 12.6. The molecule has 0 saturated heterocycles. The van der Waals surface area contributed by atoms with Crippen molar-refractivity contribution in [1.82, 2.24) is 9.97 Å². The molecule has 0 atom stereocenters. The van der Waals surface area contributed by atoms with Crippen LogP contribution in [-0.2, 0) is 10.0 Å². The molecule has 0 saturated carbocycles. The van der Waals surface area contributed by atoms with Gasteiger partial charge in [-0.25, -0.2) is 23.1 Å². The normalized spacial score (nSPS) is 11.2. The van der Waals surface area contributed by atoms with Gasteiger partial charge in [-0.15, -0.1) is 0 Å². The molecule has 1 heterocycles. The Morgan fingerprint density at radius 2 is 1.45 bits per heavy atom. The van der Waals surface area contributed by atoms with E-state index in [-0.39, 0.29) is 16.8 Å². The van der Waals surface area contributed by atoms with Gasteiger partial charge in [0.25, 0.3) is 15.9 Å². The monoisotopic (exact) mass is 410 g/mol. The minimum atomic E-state index is -3.84. The van der Waals surface area contributed by atoms with E-state index in [1.807, 2.05) is 26.0 Å². The zero-order chi connectivity index (χ0) is 21.2. The maximum Gasteiger partial charge on any atom is 0.264 e. The second-order valence-corrected chi connectivity index (χ2v) is 8.54. The largest absolute Gasteiger partial charge is 0.322 e. The first-order chi connectivity index (χ1) is 13.6. The van der Waals surface area contributed by atoms with Crippen LogP contribution in [0.1, 0.15) is 32.9 Å². The molecule has 0 fully saturated rings. The van der Waals surface area contributed by atoms with Gasteiger partial charge >= 0.3 is 0 Å². The zero-order valence-corrected chi connectivity index (χ0v) is 17.5. The molecule has 3 aromatic rings. The first-order valence-electron chi connectivity index (χ1n) is 8.98. The summed E-state index contributed by atoms with van der Waals surface area (Å²) in [6, 6.07) is 13.1. The Labute approximate surface area is 170 Å². The fourth-order valence-corrected chi connectivity index (χ4v) is 3.70. The second kappa shape index (κ2) is 8.00. The summed E-state index contributed by atoms with van der Waals surface area (Å²) in [5.74, 6) is -0.236. The number of carbonyl (C=O) groups is 1. The highest BCUT2D eigenvalue weighted by Gasteiger charge is 2.16. The van der Waals surface area contributed by atoms with Crippen LogP contribution in [0, 0.1) is 27.7 Å². The predicted octanol–water partition coefficient (Wildman–Crippen LogP) is 3.76. The second-order valence-electron chi connectivity index (χ2n) is 6.86. The van der Waals surface area contributed by atoms with Crippen molar-refractivity contribution in [2.45, 2.75) is 32.6 Å². The van der Waals surface area contributed by atoms with Crippen LogP contribution in [0.4, 0.5) is 11.6 Å². The smallest absolute Gasteiger partial charge is 0.264 e. The number of aromatic nitrogens is 2. The first-order valence-corrected chi connectivity index (χ1v) is 10.5. The van der Waals surface area contributed by atoms with Gasteiger partial charge in [-0.2, -0.15) is 0 Å². The predicted molar refractivity (Wildman–Crippen MR) is 113 cm³/mol. The Bertz CT molecular complexity index is 1150. The van der Waals surface area contributed by atoms with Crippen LogP contribution in [0.5, 0.6) is 0 Å². The lowest BCUT2D eigenvalue weighted by Crippen LogP contribution is -2.16. The molecule has 0 spiro atoms. The molecule has 150 valence electrons. The van der Waals surface area contributed by atoms with Crippen molar-refractivity contribution in [3.63, 3.8) is 0 Å². The molecular formula is C21H22N4O3S. The third kappa shape index (κ3) is 4.97. The summed E-state index contributed by atoms with van der Waals surface area (Å²) in [7, 11) is -3.84. The van der Waals surface area contributed by atoms with Gasteiger partial charge in [0.15, 0.2) is 0 Å². The summed E-state index contributed by atoms with van der Waals surface area (Å²) < 4.78 is 27.5. The Morgan fingerprint density at radius 3 is 2.03 bits per heavy atom. The number of hydrogen-bond donors (Lipinski definition) is 2. The summed E-state index contributed by atoms with van der Waals surface area (Å²) in [6.07, 6.45) is 0. The lowest BCUT2D eigenvalue weighted by Gasteiger charge is -2.10. The Hall–Kier alpha value is -3.26. The van der Waals surface area contributed by atoms with Gasteiger partial charge in [-0.05, 0) is 81.3 Å². The number of aryl methyl sites for hydroxylation is 4. The average molecular weight is 410 g/mol. The van der Waals surface area contributed by atoms with E-state index < -0.39 is 10.0 Å². The molecule has 1 aromatic heterocycles. The van der Waals surface area contributed by atoms with Crippen molar-refractivity contribution in [2.75, 3.05) is 10.0 Å². The lowest BCUT2D eigenvalue weighted by molar-refractivity contribution is 0.102. The molecule has 2 aromatic carbocycles. The molecule has 29 heavy (non-hydrogen) atoms. The number of rotatable bonds is 5. The Kier molecular flexibility index (Phi) is 5.65. The van der Waals surface area contributed by atoms with E-state index in [0.717, 1.165) is 11.1 Å². The molecule has 0 aliphatic rings. The van der Waals surface area contributed by atoms with Crippen LogP contribution < -0.4 is 10.0 Å². The molecule has 0 aliphatic heterocycles. The summed E-state index contributed by atoms with van der Waals surface area (Å²) in [5, 5.41) is 2.77. The highest BCUT2D eigenvalue weighted by atomic mass is 32.2. The van der Waals surface area contributed by atoms with E-state index in [0.29, 0.717) is 22.6 Å². The van der Waals surface area contributed by atoms with Crippen LogP contribution in [0.2, 0.25) is 0 Å². The molecule has 0 bridgehead atoms. The number of hydrogen-bond acceptors (Lipinski definition) is 5. The number of benzene rings is 2. The van der Waals surface area contributed by atoms with Crippen molar-refractivity contribution in [3.8, 4) is 0 Å². The molecule has 8 heteroatoms. The zero-order valence-electron chi connectivity index (χ0n) is 16.6. The molecule has 2 N–H and O–H groups in total. The molecule has 0 unspecified atom stereocenters. The molecule has 3 rings (SSSR count). The summed E-state index contributed by atoms with van der Waals surface area (Å²) >= 11 is 0. The van der Waals surface area contributed by atoms with Crippen molar-refractivity contribution in [2.24, 2.45) is 0 Å². The van der Waals surface area contributed by atoms with Crippen molar-refractivity contribution < 1.29 is 13.2 Å². The highest BCUT2D eigenvalue weighted by molar-refractivity contribution is 7.92. The van der Waals surface area contributed by atoms with E-state index in [1.54, 1.807) is 26.0 Å². The third-order valence-corrected chi connectivity index (χ3v) is 5.74. The van der Waals surface area contributed by atoms with Crippen molar-refractivity contribution >= 4 is 27.6 Å². The van der Waals surface area contributed by atoms with E-state index in [9.17, 15) is 13.2 Å². The summed E-state index contributed by atoms with van der Waals surface area (Å²) in [5.41, 5.74) is 4.50. The molecule has 7 nitrogen and oxygen atoms in total. The van der Waals surface area contributed by atoms with E-state index in [4.69, 9.17) is 0 Å². The number of carbonyl (C=O) groups excluding carboxylic acids is 1. The highest BCUT2D eigenvalue weighted by Crippen LogP contribution is 2.18. The molecule has 0 aliphatic carbocycles. The third-order valence-electron chi connectivity index (χ3n) is 4.40. The van der Waals surface area contributed by atoms with Crippen molar-refractivity contribution in [1.29, 1.82) is 0 Å². The number of anilines is 2. The Balaban J connectivity index is 1.74. The summed E-state index contributed by atoms with van der Waals surface area (Å²) in [4.78, 5) is 20.6. The van der Waals surface area contributed by atoms with Gasteiger partial charge in [-0.3, -0.25) is 4.79 Å². The average Bonchev–Trinajstić information content (AvgIpc) is 2.63. The SMILES string of the molecule is Cc1cc(C)nc(NS(=O)(=O)c2ccc(NC(=O)c3ccc(C)c(C)c3)cc2)n1. The van der Waals surface area contributed by atoms with Gasteiger partial charge in [0.2, 0.25) is 5.95 Å². The maximum absolute atomic E-state index is 12.6. The fourth-order valence-electron chi connectivity index (χ4n) is 2.75. The van der Waals surface area contributed by atoms with Crippen LogP contribution in [-0.4, -0.2) is 24.3 Å². The van der Waals surface area contributed by atoms with Crippen LogP contribution in [0.15, 0.2) is 53.4 Å². The number of nitrogens with zero attached hydrogens (tertiary/aromatic N) is 2. The number of sulfonamides is 1. The van der Waals surface area contributed by atoms with Crippen LogP contribution in [0.3, 0.4) is 0 Å². The van der Waals surface area contributed by atoms with Gasteiger partial charge < -0.3 is 5.32 Å². The standard InChI is InChI=1S/C21H22N4O3S/c1-13-5-6-17(11-14(13)2)20(26)24-18-7-9-19(10-8-18)29(27,28)25-21-22-15(3)12-16(4)23-21/h5-12H,1-4H3,(H,24,26)(H,22,23,25). The molecular weight excluding hydrogens is 388 g/mol. The quantitative estimate of drug-likeness (QED) is 0.667. The first kappa shape index (κ1) is 20.5. The lowest BCUT2D eigenvalue weighted by atomic mass is 10.1. The van der Waals surface area contributed by atoms with Gasteiger partial charge in [0.1, 0.15) is 0 Å².